The summed E-state index contributed by atoms with van der Waals surface area (Å²) in [7, 11) is 1.46. The highest BCUT2D eigenvalue weighted by molar-refractivity contribution is 6.39. The minimum Gasteiger partial charge on any atom is -0.496 e. The molecule has 5 N–H and O–H groups in total. The number of rotatable bonds is 13. The molecule has 2 aromatic carbocycles. The summed E-state index contributed by atoms with van der Waals surface area (Å²) >= 11 is 13.8. The molecular weight excluding hydrogens is 675 g/mol. The second-order valence-corrected chi connectivity index (χ2v) is 12.7. The minimum atomic E-state index is -0.531. The van der Waals surface area contributed by atoms with E-state index < -0.39 is 11.6 Å². The molecule has 2 amide bonds. The largest absolute Gasteiger partial charge is 0.496 e. The molecule has 2 aliphatic heterocycles. The van der Waals surface area contributed by atoms with Gasteiger partial charge in [0.25, 0.3) is 0 Å². The van der Waals surface area contributed by atoms with Gasteiger partial charge in [-0.25, -0.2) is 13.8 Å². The van der Waals surface area contributed by atoms with Crippen molar-refractivity contribution in [3.8, 4) is 28.1 Å². The predicted octanol–water partition coefficient (Wildman–Crippen LogP) is 5.88. The van der Waals surface area contributed by atoms with E-state index in [0.29, 0.717) is 70.9 Å². The van der Waals surface area contributed by atoms with Crippen LogP contribution in [-0.4, -0.2) is 54.1 Å². The third kappa shape index (κ3) is 7.94. The zero-order chi connectivity index (χ0) is 34.5. The maximum absolute atomic E-state index is 15.5. The van der Waals surface area contributed by atoms with Gasteiger partial charge >= 0.3 is 0 Å². The van der Waals surface area contributed by atoms with E-state index in [1.54, 1.807) is 42.6 Å². The summed E-state index contributed by atoms with van der Waals surface area (Å²) in [6, 6.07) is 11.6. The van der Waals surface area contributed by atoms with Crippen LogP contribution in [0.1, 0.15) is 36.8 Å². The van der Waals surface area contributed by atoms with Gasteiger partial charge < -0.3 is 31.3 Å². The first-order valence-corrected chi connectivity index (χ1v) is 16.7. The maximum atomic E-state index is 15.5. The molecule has 0 saturated carbocycles. The van der Waals surface area contributed by atoms with Crippen LogP contribution in [0.4, 0.5) is 20.3 Å². The van der Waals surface area contributed by atoms with Crippen LogP contribution in [0.25, 0.3) is 22.4 Å². The van der Waals surface area contributed by atoms with Crippen molar-refractivity contribution in [2.24, 2.45) is 0 Å². The predicted molar refractivity (Wildman–Crippen MR) is 185 cm³/mol. The molecule has 0 aliphatic carbocycles. The Bertz CT molecular complexity index is 1880. The lowest BCUT2D eigenvalue weighted by atomic mass is 10.0. The molecule has 2 fully saturated rings. The van der Waals surface area contributed by atoms with Gasteiger partial charge in [-0.05, 0) is 43.2 Å². The number of anilines is 2. The fourth-order valence-corrected chi connectivity index (χ4v) is 6.64. The topological polar surface area (TPSA) is 129 Å². The molecule has 0 spiro atoms. The Hall–Kier alpha value is -4.36. The summed E-state index contributed by atoms with van der Waals surface area (Å²) in [5.41, 5.74) is 2.96. The van der Waals surface area contributed by atoms with Crippen molar-refractivity contribution in [1.29, 1.82) is 0 Å². The summed E-state index contributed by atoms with van der Waals surface area (Å²) < 4.78 is 36.5. The van der Waals surface area contributed by atoms with Crippen molar-refractivity contribution >= 4 is 46.5 Å². The summed E-state index contributed by atoms with van der Waals surface area (Å²) in [6.45, 7) is 1.49. The fraction of sp³-hybridized carbons (Fsp3) is 0.314. The van der Waals surface area contributed by atoms with E-state index in [4.69, 9.17) is 27.9 Å². The molecule has 0 radical (unpaired) electrons. The Balaban J connectivity index is 1.19. The summed E-state index contributed by atoms with van der Waals surface area (Å²) in [5.74, 6) is -0.665. The molecule has 2 aliphatic rings. The van der Waals surface area contributed by atoms with Crippen LogP contribution >= 0.6 is 23.2 Å². The van der Waals surface area contributed by atoms with Crippen molar-refractivity contribution in [1.82, 2.24) is 31.2 Å². The molecule has 2 saturated heterocycles. The van der Waals surface area contributed by atoms with Crippen LogP contribution in [0.2, 0.25) is 10.0 Å². The van der Waals surface area contributed by atoms with E-state index in [1.807, 2.05) is 0 Å². The van der Waals surface area contributed by atoms with Crippen LogP contribution in [0, 0.1) is 11.6 Å². The molecule has 2 aromatic heterocycles. The van der Waals surface area contributed by atoms with E-state index >= 15 is 8.78 Å². The van der Waals surface area contributed by atoms with Crippen LogP contribution < -0.4 is 31.3 Å². The number of benzene rings is 2. The zero-order valence-corrected chi connectivity index (χ0v) is 28.2. The number of methoxy groups -OCH3 is 1. The first kappa shape index (κ1) is 34.5. The Morgan fingerprint density at radius 2 is 1.55 bits per heavy atom. The van der Waals surface area contributed by atoms with Gasteiger partial charge in [0.15, 0.2) is 11.6 Å². The standard InChI is InChI=1S/C35H35Cl2F2N7O3/c1-49-28-14-20(13-26(38)25(28)18-41-17-22-6-8-30(48)45-22)34-32(37)24(10-12-42-34)23-3-2-4-27(31(23)36)46-35-33(39)19(9-11-43-35)15-40-16-21-5-7-29(47)44-21/h2-4,9-14,21-22,40-41H,5-8,15-18H2,1H3,(H,43,46)(H,44,47)(H,45,48)/t21-,22+/m1/s1. The lowest BCUT2D eigenvalue weighted by Crippen LogP contribution is -2.35. The first-order valence-electron chi connectivity index (χ1n) is 15.9. The number of ether oxygens (including phenoxy) is 1. The van der Waals surface area contributed by atoms with Crippen molar-refractivity contribution < 1.29 is 23.1 Å². The molecule has 4 heterocycles. The molecule has 4 aromatic rings. The van der Waals surface area contributed by atoms with E-state index in [-0.39, 0.29) is 52.9 Å². The van der Waals surface area contributed by atoms with Gasteiger partial charge in [0, 0.05) is 91.3 Å². The Morgan fingerprint density at radius 1 is 0.878 bits per heavy atom. The maximum Gasteiger partial charge on any atom is 0.220 e. The molecule has 10 nitrogen and oxygen atoms in total. The van der Waals surface area contributed by atoms with Crippen LogP contribution in [0.15, 0.2) is 54.9 Å². The Kier molecular flexibility index (Phi) is 10.9. The molecule has 0 bridgehead atoms. The molecule has 0 unspecified atom stereocenters. The van der Waals surface area contributed by atoms with Crippen LogP contribution in [0.3, 0.4) is 0 Å². The van der Waals surface area contributed by atoms with Gasteiger partial charge in [-0.1, -0.05) is 35.3 Å². The second-order valence-electron chi connectivity index (χ2n) is 12.0. The van der Waals surface area contributed by atoms with Crippen LogP contribution in [-0.2, 0) is 22.7 Å². The first-order chi connectivity index (χ1) is 23.7. The van der Waals surface area contributed by atoms with Crippen molar-refractivity contribution in [2.75, 3.05) is 25.5 Å². The van der Waals surface area contributed by atoms with E-state index in [9.17, 15) is 9.59 Å². The van der Waals surface area contributed by atoms with Gasteiger partial charge in [0.1, 0.15) is 11.6 Å². The number of carbonyl (C=O) groups is 2. The average molecular weight is 711 g/mol. The minimum absolute atomic E-state index is 0.000762. The van der Waals surface area contributed by atoms with Crippen molar-refractivity contribution in [3.63, 3.8) is 0 Å². The number of nitrogens with one attached hydrogen (secondary N) is 5. The molecule has 14 heteroatoms. The fourth-order valence-electron chi connectivity index (χ4n) is 6.04. The molecule has 256 valence electrons. The number of amides is 2. The van der Waals surface area contributed by atoms with Gasteiger partial charge in [-0.15, -0.1) is 0 Å². The van der Waals surface area contributed by atoms with Crippen molar-refractivity contribution in [2.45, 2.75) is 50.9 Å². The number of pyridine rings is 2. The van der Waals surface area contributed by atoms with E-state index in [1.165, 1.54) is 19.4 Å². The smallest absolute Gasteiger partial charge is 0.220 e. The number of hydrogen-bond donors (Lipinski definition) is 5. The second kappa shape index (κ2) is 15.5. The van der Waals surface area contributed by atoms with Crippen LogP contribution in [0.5, 0.6) is 5.75 Å². The zero-order valence-electron chi connectivity index (χ0n) is 26.6. The molecule has 49 heavy (non-hydrogen) atoms. The van der Waals surface area contributed by atoms with Gasteiger partial charge in [-0.2, -0.15) is 0 Å². The summed E-state index contributed by atoms with van der Waals surface area (Å²) in [6.07, 6.45) is 5.53. The quantitative estimate of drug-likeness (QED) is 0.116. The normalized spacial score (nSPS) is 17.2. The highest BCUT2D eigenvalue weighted by Gasteiger charge is 2.23. The lowest BCUT2D eigenvalue weighted by molar-refractivity contribution is -0.120. The van der Waals surface area contributed by atoms with Gasteiger partial charge in [-0.3, -0.25) is 14.6 Å². The number of aromatic nitrogens is 2. The summed E-state index contributed by atoms with van der Waals surface area (Å²) in [4.78, 5) is 31.6. The highest BCUT2D eigenvalue weighted by Crippen LogP contribution is 2.42. The molecular formula is C35H35Cl2F2N7O3. The number of carbonyl (C=O) groups excluding carboxylic acids is 2. The van der Waals surface area contributed by atoms with Crippen molar-refractivity contribution in [3.05, 3.63) is 87.7 Å². The highest BCUT2D eigenvalue weighted by atomic mass is 35.5. The lowest BCUT2D eigenvalue weighted by Gasteiger charge is -2.17. The summed E-state index contributed by atoms with van der Waals surface area (Å²) in [5, 5.41) is 15.7. The van der Waals surface area contributed by atoms with E-state index in [0.717, 1.165) is 12.8 Å². The average Bonchev–Trinajstić information content (AvgIpc) is 3.71. The third-order valence-electron chi connectivity index (χ3n) is 8.62. The monoisotopic (exact) mass is 709 g/mol. The Labute approximate surface area is 292 Å². The molecule has 2 atom stereocenters. The third-order valence-corrected chi connectivity index (χ3v) is 9.41. The SMILES string of the molecule is COc1cc(-c2nccc(-c3cccc(Nc4nccc(CNC[C@H]5CCC(=O)N5)c4F)c3Cl)c2Cl)cc(F)c1CNC[C@@H]1CCC(=O)N1. The van der Waals surface area contributed by atoms with E-state index in [2.05, 4.69) is 36.6 Å². The molecule has 6 rings (SSSR count). The van der Waals surface area contributed by atoms with Gasteiger partial charge in [0.2, 0.25) is 11.8 Å². The number of nitrogens with zero attached hydrogens (tertiary/aromatic N) is 2. The number of hydrogen-bond acceptors (Lipinski definition) is 8. The van der Waals surface area contributed by atoms with Gasteiger partial charge in [0.05, 0.1) is 28.5 Å². The number of halogens is 4. The Morgan fingerprint density at radius 3 is 2.22 bits per heavy atom.